The van der Waals surface area contributed by atoms with Crippen molar-refractivity contribution in [2.45, 2.75) is 19.3 Å². The SMILES string of the molecule is CN(C)c1cc(N(C)CCC2CCCNC2)ncn1. The molecule has 1 aliphatic heterocycles. The average Bonchev–Trinajstić information content (AvgIpc) is 2.46. The van der Waals surface area contributed by atoms with Gasteiger partial charge in [-0.05, 0) is 38.3 Å². The minimum atomic E-state index is 0.811. The fourth-order valence-electron chi connectivity index (χ4n) is 2.45. The quantitative estimate of drug-likeness (QED) is 0.869. The number of hydrogen-bond donors (Lipinski definition) is 1. The van der Waals surface area contributed by atoms with E-state index in [0.29, 0.717) is 0 Å². The highest BCUT2D eigenvalue weighted by molar-refractivity contribution is 5.48. The zero-order valence-corrected chi connectivity index (χ0v) is 12.3. The molecule has 1 N–H and O–H groups in total. The molecule has 5 heteroatoms. The van der Waals surface area contributed by atoms with Gasteiger partial charge in [0.15, 0.2) is 0 Å². The van der Waals surface area contributed by atoms with E-state index in [2.05, 4.69) is 27.2 Å². The van der Waals surface area contributed by atoms with Crippen LogP contribution in [0.2, 0.25) is 0 Å². The minimum Gasteiger partial charge on any atom is -0.363 e. The molecule has 1 aromatic heterocycles. The average molecular weight is 263 g/mol. The van der Waals surface area contributed by atoms with Crippen molar-refractivity contribution in [3.05, 3.63) is 12.4 Å². The van der Waals surface area contributed by atoms with Gasteiger partial charge in [-0.15, -0.1) is 0 Å². The third-order valence-electron chi connectivity index (χ3n) is 3.76. The number of rotatable bonds is 5. The number of aromatic nitrogens is 2. The van der Waals surface area contributed by atoms with E-state index in [-0.39, 0.29) is 0 Å². The van der Waals surface area contributed by atoms with Crippen LogP contribution in [-0.4, -0.2) is 50.7 Å². The van der Waals surface area contributed by atoms with Crippen LogP contribution in [0.1, 0.15) is 19.3 Å². The summed E-state index contributed by atoms with van der Waals surface area (Å²) >= 11 is 0. The van der Waals surface area contributed by atoms with E-state index in [1.54, 1.807) is 6.33 Å². The van der Waals surface area contributed by atoms with Crippen molar-refractivity contribution in [2.24, 2.45) is 5.92 Å². The summed E-state index contributed by atoms with van der Waals surface area (Å²) in [5.41, 5.74) is 0. The standard InChI is InChI=1S/C14H25N5/c1-18(2)13-9-14(17-11-16-13)19(3)8-6-12-5-4-7-15-10-12/h9,11-12,15H,4-8,10H2,1-3H3. The molecule has 1 atom stereocenters. The minimum absolute atomic E-state index is 0.811. The number of nitrogens with one attached hydrogen (secondary N) is 1. The van der Waals surface area contributed by atoms with E-state index in [1.807, 2.05) is 25.1 Å². The van der Waals surface area contributed by atoms with Gasteiger partial charge in [0, 0.05) is 33.8 Å². The molecule has 1 aliphatic rings. The molecular formula is C14H25N5. The topological polar surface area (TPSA) is 44.3 Å². The summed E-state index contributed by atoms with van der Waals surface area (Å²) in [6, 6.07) is 2.04. The smallest absolute Gasteiger partial charge is 0.133 e. The first kappa shape index (κ1) is 14.1. The maximum Gasteiger partial charge on any atom is 0.133 e. The van der Waals surface area contributed by atoms with Crippen LogP contribution in [0.4, 0.5) is 11.6 Å². The van der Waals surface area contributed by atoms with E-state index >= 15 is 0 Å². The van der Waals surface area contributed by atoms with Crippen LogP contribution < -0.4 is 15.1 Å². The second-order valence-corrected chi connectivity index (χ2v) is 5.55. The second kappa shape index (κ2) is 6.70. The zero-order valence-electron chi connectivity index (χ0n) is 12.3. The summed E-state index contributed by atoms with van der Waals surface area (Å²) in [4.78, 5) is 12.8. The summed E-state index contributed by atoms with van der Waals surface area (Å²) in [5, 5.41) is 3.47. The lowest BCUT2D eigenvalue weighted by Crippen LogP contribution is -2.32. The van der Waals surface area contributed by atoms with Crippen molar-refractivity contribution < 1.29 is 0 Å². The first-order valence-electron chi connectivity index (χ1n) is 7.08. The van der Waals surface area contributed by atoms with Gasteiger partial charge >= 0.3 is 0 Å². The number of nitrogens with zero attached hydrogens (tertiary/aromatic N) is 4. The number of piperidine rings is 1. The van der Waals surface area contributed by atoms with Crippen LogP contribution in [0.25, 0.3) is 0 Å². The van der Waals surface area contributed by atoms with Gasteiger partial charge in [-0.1, -0.05) is 0 Å². The molecule has 1 aromatic rings. The number of anilines is 2. The van der Waals surface area contributed by atoms with E-state index in [4.69, 9.17) is 0 Å². The molecule has 0 aromatic carbocycles. The molecule has 19 heavy (non-hydrogen) atoms. The van der Waals surface area contributed by atoms with E-state index in [9.17, 15) is 0 Å². The Hall–Kier alpha value is -1.36. The largest absolute Gasteiger partial charge is 0.363 e. The highest BCUT2D eigenvalue weighted by atomic mass is 15.2. The molecule has 106 valence electrons. The van der Waals surface area contributed by atoms with Gasteiger partial charge in [0.2, 0.25) is 0 Å². The molecule has 0 radical (unpaired) electrons. The van der Waals surface area contributed by atoms with Crippen molar-refractivity contribution in [3.63, 3.8) is 0 Å². The Morgan fingerprint density at radius 2 is 2.05 bits per heavy atom. The predicted molar refractivity (Wildman–Crippen MR) is 79.8 cm³/mol. The van der Waals surface area contributed by atoms with Crippen LogP contribution in [0, 0.1) is 5.92 Å². The number of hydrogen-bond acceptors (Lipinski definition) is 5. The Bertz CT molecular complexity index is 387. The molecule has 2 rings (SSSR count). The predicted octanol–water partition coefficient (Wildman–Crippen LogP) is 1.37. The lowest BCUT2D eigenvalue weighted by Gasteiger charge is -2.26. The van der Waals surface area contributed by atoms with E-state index in [1.165, 1.54) is 32.4 Å². The highest BCUT2D eigenvalue weighted by Crippen LogP contribution is 2.18. The van der Waals surface area contributed by atoms with Crippen LogP contribution in [0.3, 0.4) is 0 Å². The first-order valence-corrected chi connectivity index (χ1v) is 7.08. The van der Waals surface area contributed by atoms with Crippen LogP contribution in [0.5, 0.6) is 0 Å². The molecule has 1 unspecified atom stereocenters. The van der Waals surface area contributed by atoms with Crippen molar-refractivity contribution in [1.82, 2.24) is 15.3 Å². The third-order valence-corrected chi connectivity index (χ3v) is 3.76. The summed E-state index contributed by atoms with van der Waals surface area (Å²) < 4.78 is 0. The Kier molecular flexibility index (Phi) is 4.96. The van der Waals surface area contributed by atoms with Crippen molar-refractivity contribution in [3.8, 4) is 0 Å². The van der Waals surface area contributed by atoms with Crippen LogP contribution in [0.15, 0.2) is 12.4 Å². The molecule has 0 spiro atoms. The van der Waals surface area contributed by atoms with Crippen molar-refractivity contribution in [1.29, 1.82) is 0 Å². The first-order chi connectivity index (χ1) is 9.16. The fourth-order valence-corrected chi connectivity index (χ4v) is 2.45. The normalized spacial score (nSPS) is 19.2. The molecule has 1 saturated heterocycles. The summed E-state index contributed by atoms with van der Waals surface area (Å²) in [5.74, 6) is 2.77. The Morgan fingerprint density at radius 1 is 1.26 bits per heavy atom. The molecular weight excluding hydrogens is 238 g/mol. The summed E-state index contributed by atoms with van der Waals surface area (Å²) in [6.07, 6.45) is 5.54. The van der Waals surface area contributed by atoms with Crippen molar-refractivity contribution >= 4 is 11.6 Å². The van der Waals surface area contributed by atoms with Gasteiger partial charge in [0.1, 0.15) is 18.0 Å². The fraction of sp³-hybridized carbons (Fsp3) is 0.714. The van der Waals surface area contributed by atoms with Gasteiger partial charge in [0.05, 0.1) is 0 Å². The van der Waals surface area contributed by atoms with Gasteiger partial charge < -0.3 is 15.1 Å². The van der Waals surface area contributed by atoms with Crippen molar-refractivity contribution in [2.75, 3.05) is 50.6 Å². The molecule has 0 amide bonds. The van der Waals surface area contributed by atoms with Gasteiger partial charge in [-0.3, -0.25) is 0 Å². The van der Waals surface area contributed by atoms with Gasteiger partial charge in [0.25, 0.3) is 0 Å². The van der Waals surface area contributed by atoms with Crippen LogP contribution >= 0.6 is 0 Å². The third kappa shape index (κ3) is 4.06. The summed E-state index contributed by atoms with van der Waals surface area (Å²) in [7, 11) is 6.11. The Balaban J connectivity index is 1.88. The Morgan fingerprint density at radius 3 is 2.74 bits per heavy atom. The van der Waals surface area contributed by atoms with E-state index in [0.717, 1.165) is 24.1 Å². The molecule has 0 saturated carbocycles. The van der Waals surface area contributed by atoms with E-state index < -0.39 is 0 Å². The molecule has 0 aliphatic carbocycles. The monoisotopic (exact) mass is 263 g/mol. The molecule has 1 fully saturated rings. The van der Waals surface area contributed by atoms with Gasteiger partial charge in [-0.2, -0.15) is 0 Å². The maximum absolute atomic E-state index is 4.36. The molecule has 5 nitrogen and oxygen atoms in total. The second-order valence-electron chi connectivity index (χ2n) is 5.55. The molecule has 2 heterocycles. The lowest BCUT2D eigenvalue weighted by atomic mass is 9.96. The van der Waals surface area contributed by atoms with Gasteiger partial charge in [-0.25, -0.2) is 9.97 Å². The Labute approximate surface area is 116 Å². The van der Waals surface area contributed by atoms with Crippen LogP contribution in [-0.2, 0) is 0 Å². The molecule has 0 bridgehead atoms. The lowest BCUT2D eigenvalue weighted by molar-refractivity contribution is 0.360. The zero-order chi connectivity index (χ0) is 13.7. The maximum atomic E-state index is 4.36. The highest BCUT2D eigenvalue weighted by Gasteiger charge is 2.14. The summed E-state index contributed by atoms with van der Waals surface area (Å²) in [6.45, 7) is 3.40.